The van der Waals surface area contributed by atoms with Crippen molar-refractivity contribution in [1.82, 2.24) is 0 Å². The average Bonchev–Trinajstić information content (AvgIpc) is 2.39. The SMILES string of the molecule is C=CC(CCCCCC)OC(=O)CC(C)CCCC. The van der Waals surface area contributed by atoms with E-state index in [2.05, 4.69) is 27.4 Å². The van der Waals surface area contributed by atoms with Crippen LogP contribution in [0.25, 0.3) is 0 Å². The highest BCUT2D eigenvalue weighted by molar-refractivity contribution is 5.70. The largest absolute Gasteiger partial charge is 0.458 e. The van der Waals surface area contributed by atoms with Crippen LogP contribution in [-0.2, 0) is 9.53 Å². The van der Waals surface area contributed by atoms with Crippen LogP contribution in [0.5, 0.6) is 0 Å². The number of carbonyl (C=O) groups excluding carboxylic acids is 1. The Morgan fingerprint density at radius 1 is 1.11 bits per heavy atom. The molecular formula is C17H32O2. The van der Waals surface area contributed by atoms with E-state index in [-0.39, 0.29) is 12.1 Å². The standard InChI is InChI=1S/C17H32O2/c1-5-8-10-11-13-16(7-3)19-17(18)14-15(4)12-9-6-2/h7,15-16H,3,5-6,8-14H2,1-2,4H3. The first kappa shape index (κ1) is 18.2. The molecule has 0 spiro atoms. The quantitative estimate of drug-likeness (QED) is 0.274. The topological polar surface area (TPSA) is 26.3 Å². The van der Waals surface area contributed by atoms with Crippen LogP contribution in [0.3, 0.4) is 0 Å². The maximum absolute atomic E-state index is 11.8. The number of hydrogen-bond acceptors (Lipinski definition) is 2. The molecule has 2 nitrogen and oxygen atoms in total. The number of unbranched alkanes of at least 4 members (excludes halogenated alkanes) is 4. The normalized spacial score (nSPS) is 13.8. The van der Waals surface area contributed by atoms with Gasteiger partial charge < -0.3 is 4.74 Å². The minimum Gasteiger partial charge on any atom is -0.458 e. The third-order valence-corrected chi connectivity index (χ3v) is 3.45. The maximum atomic E-state index is 11.8. The van der Waals surface area contributed by atoms with Gasteiger partial charge >= 0.3 is 5.97 Å². The summed E-state index contributed by atoms with van der Waals surface area (Å²) in [5.74, 6) is 0.363. The molecule has 0 bridgehead atoms. The van der Waals surface area contributed by atoms with Crippen LogP contribution in [0.2, 0.25) is 0 Å². The summed E-state index contributed by atoms with van der Waals surface area (Å²) in [5, 5.41) is 0. The summed E-state index contributed by atoms with van der Waals surface area (Å²) in [7, 11) is 0. The smallest absolute Gasteiger partial charge is 0.306 e. The Labute approximate surface area is 119 Å². The van der Waals surface area contributed by atoms with Crippen LogP contribution < -0.4 is 0 Å². The van der Waals surface area contributed by atoms with Gasteiger partial charge in [-0.2, -0.15) is 0 Å². The van der Waals surface area contributed by atoms with Crippen molar-refractivity contribution in [2.75, 3.05) is 0 Å². The Kier molecular flexibility index (Phi) is 11.7. The first-order valence-electron chi connectivity index (χ1n) is 7.96. The molecule has 0 aromatic carbocycles. The molecule has 0 radical (unpaired) electrons. The Morgan fingerprint density at radius 2 is 1.79 bits per heavy atom. The zero-order valence-corrected chi connectivity index (χ0v) is 13.1. The van der Waals surface area contributed by atoms with E-state index in [1.54, 1.807) is 6.08 Å². The van der Waals surface area contributed by atoms with Crippen LogP contribution in [0.4, 0.5) is 0 Å². The molecule has 0 aromatic heterocycles. The minimum atomic E-state index is -0.0947. The van der Waals surface area contributed by atoms with Crippen molar-refractivity contribution in [1.29, 1.82) is 0 Å². The molecule has 2 unspecified atom stereocenters. The minimum absolute atomic E-state index is 0.0657. The Hall–Kier alpha value is -0.790. The first-order valence-corrected chi connectivity index (χ1v) is 7.96. The van der Waals surface area contributed by atoms with E-state index in [1.807, 2.05) is 0 Å². The number of carbonyl (C=O) groups is 1. The van der Waals surface area contributed by atoms with Crippen molar-refractivity contribution < 1.29 is 9.53 Å². The summed E-state index contributed by atoms with van der Waals surface area (Å²) >= 11 is 0. The highest BCUT2D eigenvalue weighted by Crippen LogP contribution is 2.15. The lowest BCUT2D eigenvalue weighted by atomic mass is 10.0. The van der Waals surface area contributed by atoms with Gasteiger partial charge in [-0.25, -0.2) is 0 Å². The zero-order chi connectivity index (χ0) is 14.5. The van der Waals surface area contributed by atoms with Crippen molar-refractivity contribution in [3.05, 3.63) is 12.7 Å². The third kappa shape index (κ3) is 10.8. The van der Waals surface area contributed by atoms with E-state index in [0.29, 0.717) is 12.3 Å². The van der Waals surface area contributed by atoms with Gasteiger partial charge in [-0.1, -0.05) is 72.0 Å². The van der Waals surface area contributed by atoms with Gasteiger partial charge in [0.05, 0.1) is 0 Å². The molecule has 0 heterocycles. The van der Waals surface area contributed by atoms with Gasteiger partial charge in [0.1, 0.15) is 6.10 Å². The van der Waals surface area contributed by atoms with Crippen LogP contribution >= 0.6 is 0 Å². The number of esters is 1. The predicted molar refractivity (Wildman–Crippen MR) is 82.1 cm³/mol. The Bertz CT molecular complexity index is 235. The van der Waals surface area contributed by atoms with E-state index in [0.717, 1.165) is 19.3 Å². The molecule has 2 heteroatoms. The number of ether oxygens (including phenoxy) is 1. The predicted octanol–water partition coefficient (Wildman–Crippen LogP) is 5.27. The molecule has 0 N–H and O–H groups in total. The van der Waals surface area contributed by atoms with Crippen molar-refractivity contribution in [2.45, 2.75) is 84.7 Å². The Balaban J connectivity index is 3.82. The van der Waals surface area contributed by atoms with Crippen molar-refractivity contribution in [3.8, 4) is 0 Å². The lowest BCUT2D eigenvalue weighted by Crippen LogP contribution is -2.18. The van der Waals surface area contributed by atoms with Gasteiger partial charge in [-0.05, 0) is 18.8 Å². The molecular weight excluding hydrogens is 236 g/mol. The fraction of sp³-hybridized carbons (Fsp3) is 0.824. The van der Waals surface area contributed by atoms with Crippen LogP contribution in [0.1, 0.15) is 78.6 Å². The van der Waals surface area contributed by atoms with Gasteiger partial charge in [0.2, 0.25) is 0 Å². The van der Waals surface area contributed by atoms with Crippen molar-refractivity contribution >= 4 is 5.97 Å². The third-order valence-electron chi connectivity index (χ3n) is 3.45. The van der Waals surface area contributed by atoms with E-state index in [4.69, 9.17) is 4.74 Å². The van der Waals surface area contributed by atoms with E-state index in [1.165, 1.54) is 32.1 Å². The van der Waals surface area contributed by atoms with Gasteiger partial charge in [0.25, 0.3) is 0 Å². The summed E-state index contributed by atoms with van der Waals surface area (Å²) in [4.78, 5) is 11.8. The van der Waals surface area contributed by atoms with E-state index >= 15 is 0 Å². The maximum Gasteiger partial charge on any atom is 0.306 e. The van der Waals surface area contributed by atoms with Crippen LogP contribution in [0, 0.1) is 5.92 Å². The van der Waals surface area contributed by atoms with Crippen molar-refractivity contribution in [3.63, 3.8) is 0 Å². The van der Waals surface area contributed by atoms with Gasteiger partial charge in [0.15, 0.2) is 0 Å². The molecule has 0 rings (SSSR count). The molecule has 0 aliphatic rings. The molecule has 0 amide bonds. The molecule has 19 heavy (non-hydrogen) atoms. The molecule has 0 aromatic rings. The number of rotatable bonds is 12. The van der Waals surface area contributed by atoms with Crippen molar-refractivity contribution in [2.24, 2.45) is 5.92 Å². The zero-order valence-electron chi connectivity index (χ0n) is 13.1. The summed E-state index contributed by atoms with van der Waals surface area (Å²) < 4.78 is 5.47. The highest BCUT2D eigenvalue weighted by Gasteiger charge is 2.14. The number of hydrogen-bond donors (Lipinski definition) is 0. The van der Waals surface area contributed by atoms with Crippen LogP contribution in [0.15, 0.2) is 12.7 Å². The lowest BCUT2D eigenvalue weighted by molar-refractivity contribution is -0.148. The molecule has 2 atom stereocenters. The summed E-state index contributed by atoms with van der Waals surface area (Å²) in [6.07, 6.45) is 11.4. The Morgan fingerprint density at radius 3 is 2.37 bits per heavy atom. The molecule has 0 aliphatic carbocycles. The lowest BCUT2D eigenvalue weighted by Gasteiger charge is -2.16. The summed E-state index contributed by atoms with van der Waals surface area (Å²) in [6.45, 7) is 10.3. The van der Waals surface area contributed by atoms with Gasteiger partial charge in [-0.15, -0.1) is 0 Å². The van der Waals surface area contributed by atoms with Gasteiger partial charge in [0, 0.05) is 6.42 Å². The first-order chi connectivity index (χ1) is 9.13. The van der Waals surface area contributed by atoms with E-state index in [9.17, 15) is 4.79 Å². The second kappa shape index (κ2) is 12.3. The second-order valence-corrected chi connectivity index (χ2v) is 5.56. The van der Waals surface area contributed by atoms with E-state index < -0.39 is 0 Å². The monoisotopic (exact) mass is 268 g/mol. The summed E-state index contributed by atoms with van der Waals surface area (Å²) in [6, 6.07) is 0. The molecule has 112 valence electrons. The average molecular weight is 268 g/mol. The fourth-order valence-electron chi connectivity index (χ4n) is 2.15. The van der Waals surface area contributed by atoms with Gasteiger partial charge in [-0.3, -0.25) is 4.79 Å². The molecule has 0 aliphatic heterocycles. The van der Waals surface area contributed by atoms with Crippen LogP contribution in [-0.4, -0.2) is 12.1 Å². The summed E-state index contributed by atoms with van der Waals surface area (Å²) in [5.41, 5.74) is 0. The molecule has 0 saturated heterocycles. The molecule has 0 fully saturated rings. The fourth-order valence-corrected chi connectivity index (χ4v) is 2.15. The second-order valence-electron chi connectivity index (χ2n) is 5.56. The highest BCUT2D eigenvalue weighted by atomic mass is 16.5. The molecule has 0 saturated carbocycles.